The third kappa shape index (κ3) is 5.10. The molecule has 0 heterocycles. The molecule has 0 rings (SSSR count). The van der Waals surface area contributed by atoms with Crippen LogP contribution in [0.3, 0.4) is 0 Å². The summed E-state index contributed by atoms with van der Waals surface area (Å²) in [5, 5.41) is 8.36. The lowest BCUT2D eigenvalue weighted by molar-refractivity contribution is 0.623. The van der Waals surface area contributed by atoms with Gasteiger partial charge in [0.1, 0.15) is 0 Å². The highest BCUT2D eigenvalue weighted by Gasteiger charge is 1.95. The van der Waals surface area contributed by atoms with Crippen molar-refractivity contribution in [1.82, 2.24) is 0 Å². The highest BCUT2D eigenvalue weighted by atomic mass is 14.2. The maximum absolute atomic E-state index is 8.36. The van der Waals surface area contributed by atoms with E-state index < -0.39 is 0 Å². The Balaban J connectivity index is 3.08. The molecule has 0 aromatic heterocycles. The van der Waals surface area contributed by atoms with Gasteiger partial charge in [0.15, 0.2) is 0 Å². The molecule has 0 radical (unpaired) electrons. The summed E-state index contributed by atoms with van der Waals surface area (Å²) in [5.41, 5.74) is 0. The molecule has 1 nitrogen and oxygen atoms in total. The number of nitrogens with zero attached hydrogens (tertiary/aromatic N) is 1. The molecule has 0 saturated heterocycles. The zero-order valence-electron chi connectivity index (χ0n) is 5.93. The summed E-state index contributed by atoms with van der Waals surface area (Å²) < 4.78 is 0. The van der Waals surface area contributed by atoms with Crippen molar-refractivity contribution < 1.29 is 0 Å². The fourth-order valence-electron chi connectivity index (χ4n) is 0.633. The van der Waals surface area contributed by atoms with Crippen molar-refractivity contribution in [2.75, 3.05) is 0 Å². The van der Waals surface area contributed by atoms with E-state index in [2.05, 4.69) is 12.6 Å². The molecule has 0 bridgehead atoms. The molecule has 0 amide bonds. The van der Waals surface area contributed by atoms with E-state index in [1.54, 1.807) is 0 Å². The van der Waals surface area contributed by atoms with E-state index in [1.165, 1.54) is 0 Å². The van der Waals surface area contributed by atoms with Crippen LogP contribution in [0.15, 0.2) is 12.7 Å². The fraction of sp³-hybridized carbons (Fsp3) is 0.625. The SMILES string of the molecule is C=CCCCC(C)C#N. The average molecular weight is 123 g/mol. The molecule has 9 heavy (non-hydrogen) atoms. The Labute approximate surface area is 57.0 Å². The summed E-state index contributed by atoms with van der Waals surface area (Å²) in [6.07, 6.45) is 5.02. The van der Waals surface area contributed by atoms with Crippen molar-refractivity contribution in [3.63, 3.8) is 0 Å². The molecular weight excluding hydrogens is 110 g/mol. The Morgan fingerprint density at radius 2 is 2.44 bits per heavy atom. The summed E-state index contributed by atoms with van der Waals surface area (Å²) in [7, 11) is 0. The highest BCUT2D eigenvalue weighted by molar-refractivity contribution is 4.79. The molecule has 0 aliphatic heterocycles. The quantitative estimate of drug-likeness (QED) is 0.416. The summed E-state index contributed by atoms with van der Waals surface area (Å²) in [6.45, 7) is 5.55. The van der Waals surface area contributed by atoms with Crippen molar-refractivity contribution in [3.8, 4) is 6.07 Å². The third-order valence-electron chi connectivity index (χ3n) is 1.27. The third-order valence-corrected chi connectivity index (χ3v) is 1.27. The molecule has 1 atom stereocenters. The number of hydrogen-bond donors (Lipinski definition) is 0. The van der Waals surface area contributed by atoms with Crippen LogP contribution in [-0.4, -0.2) is 0 Å². The first-order chi connectivity index (χ1) is 4.31. The summed E-state index contributed by atoms with van der Waals surface area (Å²) in [6, 6.07) is 2.19. The Morgan fingerprint density at radius 3 is 2.89 bits per heavy atom. The average Bonchev–Trinajstić information content (AvgIpc) is 1.89. The van der Waals surface area contributed by atoms with Gasteiger partial charge in [0.05, 0.1) is 6.07 Å². The summed E-state index contributed by atoms with van der Waals surface area (Å²) in [5.74, 6) is 0.213. The largest absolute Gasteiger partial charge is 0.198 e. The van der Waals surface area contributed by atoms with E-state index in [0.29, 0.717) is 0 Å². The van der Waals surface area contributed by atoms with Crippen molar-refractivity contribution in [2.45, 2.75) is 26.2 Å². The highest BCUT2D eigenvalue weighted by Crippen LogP contribution is 2.05. The Morgan fingerprint density at radius 1 is 1.78 bits per heavy atom. The maximum atomic E-state index is 8.36. The molecule has 0 saturated carbocycles. The Bertz CT molecular complexity index is 110. The zero-order valence-corrected chi connectivity index (χ0v) is 5.93. The predicted molar refractivity (Wildman–Crippen MR) is 38.8 cm³/mol. The van der Waals surface area contributed by atoms with Gasteiger partial charge >= 0.3 is 0 Å². The molecular formula is C8H13N. The number of unbranched alkanes of at least 4 members (excludes halogenated alkanes) is 1. The number of allylic oxidation sites excluding steroid dienone is 1. The second-order valence-electron chi connectivity index (χ2n) is 2.25. The molecule has 0 aliphatic carbocycles. The Kier molecular flexibility index (Phi) is 4.91. The van der Waals surface area contributed by atoms with Gasteiger partial charge in [-0.3, -0.25) is 0 Å². The number of hydrogen-bond acceptors (Lipinski definition) is 1. The smallest absolute Gasteiger partial charge is 0.0652 e. The van der Waals surface area contributed by atoms with Crippen LogP contribution in [0.25, 0.3) is 0 Å². The van der Waals surface area contributed by atoms with Gasteiger partial charge in [0.2, 0.25) is 0 Å². The van der Waals surface area contributed by atoms with Crippen molar-refractivity contribution in [3.05, 3.63) is 12.7 Å². The minimum atomic E-state index is 0.213. The van der Waals surface area contributed by atoms with E-state index in [9.17, 15) is 0 Å². The standard InChI is InChI=1S/C8H13N/c1-3-4-5-6-8(2)7-9/h3,8H,1,4-6H2,2H3. The van der Waals surface area contributed by atoms with Crippen molar-refractivity contribution in [1.29, 1.82) is 5.26 Å². The maximum Gasteiger partial charge on any atom is 0.0652 e. The molecule has 0 aromatic rings. The second kappa shape index (κ2) is 5.37. The van der Waals surface area contributed by atoms with Gasteiger partial charge in [-0.1, -0.05) is 6.08 Å². The molecule has 1 heteroatoms. The first kappa shape index (κ1) is 8.23. The normalized spacial score (nSPS) is 12.0. The number of nitriles is 1. The van der Waals surface area contributed by atoms with Crippen LogP contribution in [0, 0.1) is 17.2 Å². The van der Waals surface area contributed by atoms with E-state index in [0.717, 1.165) is 19.3 Å². The fourth-order valence-corrected chi connectivity index (χ4v) is 0.633. The van der Waals surface area contributed by atoms with Crippen LogP contribution < -0.4 is 0 Å². The molecule has 0 aromatic carbocycles. The van der Waals surface area contributed by atoms with E-state index >= 15 is 0 Å². The van der Waals surface area contributed by atoms with Crippen LogP contribution in [-0.2, 0) is 0 Å². The lowest BCUT2D eigenvalue weighted by Gasteiger charge is -1.96. The first-order valence-electron chi connectivity index (χ1n) is 3.31. The minimum Gasteiger partial charge on any atom is -0.198 e. The molecule has 1 unspecified atom stereocenters. The van der Waals surface area contributed by atoms with Gasteiger partial charge in [0, 0.05) is 5.92 Å². The van der Waals surface area contributed by atoms with Gasteiger partial charge in [-0.2, -0.15) is 5.26 Å². The van der Waals surface area contributed by atoms with Gasteiger partial charge in [-0.15, -0.1) is 6.58 Å². The summed E-state index contributed by atoms with van der Waals surface area (Å²) >= 11 is 0. The van der Waals surface area contributed by atoms with Crippen LogP contribution in [0.1, 0.15) is 26.2 Å². The zero-order chi connectivity index (χ0) is 7.11. The lowest BCUT2D eigenvalue weighted by atomic mass is 10.1. The van der Waals surface area contributed by atoms with Crippen molar-refractivity contribution >= 4 is 0 Å². The topological polar surface area (TPSA) is 23.8 Å². The Hall–Kier alpha value is -0.770. The van der Waals surface area contributed by atoms with Gasteiger partial charge in [-0.05, 0) is 26.2 Å². The van der Waals surface area contributed by atoms with E-state index in [4.69, 9.17) is 5.26 Å². The first-order valence-corrected chi connectivity index (χ1v) is 3.31. The van der Waals surface area contributed by atoms with E-state index in [1.807, 2.05) is 13.0 Å². The van der Waals surface area contributed by atoms with E-state index in [-0.39, 0.29) is 5.92 Å². The van der Waals surface area contributed by atoms with Crippen LogP contribution in [0.2, 0.25) is 0 Å². The predicted octanol–water partition coefficient (Wildman–Crippen LogP) is 2.50. The molecule has 0 fully saturated rings. The van der Waals surface area contributed by atoms with Crippen LogP contribution in [0.4, 0.5) is 0 Å². The van der Waals surface area contributed by atoms with Gasteiger partial charge in [0.25, 0.3) is 0 Å². The van der Waals surface area contributed by atoms with Gasteiger partial charge in [-0.25, -0.2) is 0 Å². The number of rotatable bonds is 4. The summed E-state index contributed by atoms with van der Waals surface area (Å²) in [4.78, 5) is 0. The lowest BCUT2D eigenvalue weighted by Crippen LogP contribution is -1.87. The van der Waals surface area contributed by atoms with Crippen LogP contribution in [0.5, 0.6) is 0 Å². The molecule has 0 aliphatic rings. The minimum absolute atomic E-state index is 0.213. The van der Waals surface area contributed by atoms with Crippen molar-refractivity contribution in [2.24, 2.45) is 5.92 Å². The molecule has 0 spiro atoms. The monoisotopic (exact) mass is 123 g/mol. The van der Waals surface area contributed by atoms with Crippen LogP contribution >= 0.6 is 0 Å². The second-order valence-corrected chi connectivity index (χ2v) is 2.25. The molecule has 50 valence electrons. The molecule has 0 N–H and O–H groups in total. The van der Waals surface area contributed by atoms with Gasteiger partial charge < -0.3 is 0 Å².